The molecule has 1 saturated carbocycles. The summed E-state index contributed by atoms with van der Waals surface area (Å²) in [4.78, 5) is 24.1. The van der Waals surface area contributed by atoms with Gasteiger partial charge in [0.1, 0.15) is 0 Å². The predicted molar refractivity (Wildman–Crippen MR) is 139 cm³/mol. The van der Waals surface area contributed by atoms with E-state index in [1.807, 2.05) is 4.90 Å². The first-order valence-corrected chi connectivity index (χ1v) is 11.8. The van der Waals surface area contributed by atoms with Crippen molar-refractivity contribution in [3.8, 4) is 0 Å². The van der Waals surface area contributed by atoms with Crippen molar-refractivity contribution in [3.05, 3.63) is 35.9 Å². The van der Waals surface area contributed by atoms with Crippen LogP contribution in [-0.4, -0.2) is 98.7 Å². The fourth-order valence-corrected chi connectivity index (χ4v) is 4.49. The van der Waals surface area contributed by atoms with E-state index in [2.05, 4.69) is 52.4 Å². The van der Waals surface area contributed by atoms with Crippen molar-refractivity contribution < 1.29 is 9.53 Å². The molecule has 4 rings (SSSR count). The number of morpholine rings is 1. The largest absolute Gasteiger partial charge is 0.378 e. The summed E-state index contributed by atoms with van der Waals surface area (Å²) >= 11 is 0. The maximum absolute atomic E-state index is 12.5. The molecule has 0 spiro atoms. The van der Waals surface area contributed by atoms with Gasteiger partial charge in [0.25, 0.3) is 0 Å². The molecule has 32 heavy (non-hydrogen) atoms. The van der Waals surface area contributed by atoms with Crippen LogP contribution in [0.5, 0.6) is 0 Å². The Morgan fingerprint density at radius 1 is 1.03 bits per heavy atom. The summed E-state index contributed by atoms with van der Waals surface area (Å²) in [7, 11) is 0. The fourth-order valence-electron chi connectivity index (χ4n) is 4.49. The number of halogens is 1. The van der Waals surface area contributed by atoms with Crippen LogP contribution in [0.1, 0.15) is 25.3 Å². The Morgan fingerprint density at radius 3 is 2.34 bits per heavy atom. The summed E-state index contributed by atoms with van der Waals surface area (Å²) in [6.45, 7) is 10.8. The molecule has 0 bridgehead atoms. The molecule has 8 heteroatoms. The highest BCUT2D eigenvalue weighted by atomic mass is 127. The van der Waals surface area contributed by atoms with Gasteiger partial charge in [-0.05, 0) is 37.2 Å². The number of piperazine rings is 1. The van der Waals surface area contributed by atoms with Gasteiger partial charge >= 0.3 is 0 Å². The number of amides is 1. The monoisotopic (exact) mass is 555 g/mol. The number of nitrogens with one attached hydrogen (secondary N) is 1. The lowest BCUT2D eigenvalue weighted by Crippen LogP contribution is -2.55. The molecule has 0 atom stereocenters. The van der Waals surface area contributed by atoms with Crippen LogP contribution in [0, 0.1) is 5.41 Å². The van der Waals surface area contributed by atoms with E-state index >= 15 is 0 Å². The summed E-state index contributed by atoms with van der Waals surface area (Å²) in [5.74, 6) is 1.26. The third-order valence-electron chi connectivity index (χ3n) is 6.67. The van der Waals surface area contributed by atoms with Crippen molar-refractivity contribution in [2.45, 2.75) is 26.2 Å². The fraction of sp³-hybridized carbons (Fsp3) is 0.667. The molecule has 1 N–H and O–H groups in total. The summed E-state index contributed by atoms with van der Waals surface area (Å²) in [6, 6.07) is 10.8. The quantitative estimate of drug-likeness (QED) is 0.317. The minimum absolute atomic E-state index is 0. The van der Waals surface area contributed by atoms with E-state index in [1.165, 1.54) is 18.4 Å². The number of benzene rings is 1. The van der Waals surface area contributed by atoms with Crippen LogP contribution in [0.2, 0.25) is 0 Å². The summed E-state index contributed by atoms with van der Waals surface area (Å²) in [5, 5.41) is 3.49. The number of aliphatic imine (C=N–C) groups is 1. The third-order valence-corrected chi connectivity index (χ3v) is 6.67. The molecular formula is C24H38IN5O2. The van der Waals surface area contributed by atoms with Crippen molar-refractivity contribution >= 4 is 35.8 Å². The van der Waals surface area contributed by atoms with E-state index in [0.717, 1.165) is 64.7 Å². The lowest BCUT2D eigenvalue weighted by Gasteiger charge is -2.37. The standard InChI is InChI=1S/C24H37N5O2.HI/c1-2-25-23(26-20-24(8-9-24)18-21-6-4-3-5-7-21)29-12-10-27(11-13-29)19-22(30)28-14-16-31-17-15-28;/h3-7H,2,8-20H2,1H3,(H,25,26);1H. The molecule has 1 aromatic carbocycles. The molecule has 3 fully saturated rings. The molecule has 178 valence electrons. The summed E-state index contributed by atoms with van der Waals surface area (Å²) in [6.07, 6.45) is 3.65. The number of nitrogens with zero attached hydrogens (tertiary/aromatic N) is 4. The van der Waals surface area contributed by atoms with Gasteiger partial charge in [-0.25, -0.2) is 0 Å². The smallest absolute Gasteiger partial charge is 0.236 e. The molecule has 1 aromatic rings. The van der Waals surface area contributed by atoms with Crippen molar-refractivity contribution in [3.63, 3.8) is 0 Å². The normalized spacial score (nSPS) is 21.1. The topological polar surface area (TPSA) is 60.4 Å². The molecule has 2 saturated heterocycles. The highest BCUT2D eigenvalue weighted by Gasteiger charge is 2.42. The van der Waals surface area contributed by atoms with Crippen LogP contribution in [0.15, 0.2) is 35.3 Å². The van der Waals surface area contributed by atoms with Gasteiger partial charge in [-0.1, -0.05) is 30.3 Å². The summed E-state index contributed by atoms with van der Waals surface area (Å²) < 4.78 is 5.35. The van der Waals surface area contributed by atoms with Crippen LogP contribution in [0.25, 0.3) is 0 Å². The number of rotatable bonds is 7. The Kier molecular flexibility index (Phi) is 9.61. The van der Waals surface area contributed by atoms with Crippen LogP contribution in [-0.2, 0) is 16.0 Å². The van der Waals surface area contributed by atoms with Crippen LogP contribution < -0.4 is 5.32 Å². The molecule has 1 amide bonds. The van der Waals surface area contributed by atoms with E-state index < -0.39 is 0 Å². The molecule has 0 aromatic heterocycles. The number of guanidine groups is 1. The molecular weight excluding hydrogens is 517 g/mol. The molecule has 0 radical (unpaired) electrons. The number of ether oxygens (including phenoxy) is 1. The predicted octanol–water partition coefficient (Wildman–Crippen LogP) is 2.07. The average molecular weight is 556 g/mol. The molecule has 2 heterocycles. The zero-order chi connectivity index (χ0) is 21.5. The molecule has 3 aliphatic rings. The Labute approximate surface area is 209 Å². The van der Waals surface area contributed by atoms with Gasteiger partial charge in [-0.3, -0.25) is 14.7 Å². The highest BCUT2D eigenvalue weighted by molar-refractivity contribution is 14.0. The van der Waals surface area contributed by atoms with E-state index in [-0.39, 0.29) is 29.9 Å². The van der Waals surface area contributed by atoms with Gasteiger partial charge in [-0.15, -0.1) is 24.0 Å². The van der Waals surface area contributed by atoms with E-state index in [9.17, 15) is 4.79 Å². The van der Waals surface area contributed by atoms with E-state index in [0.29, 0.717) is 25.2 Å². The van der Waals surface area contributed by atoms with Crippen LogP contribution in [0.4, 0.5) is 0 Å². The van der Waals surface area contributed by atoms with Gasteiger partial charge < -0.3 is 19.9 Å². The van der Waals surface area contributed by atoms with Crippen LogP contribution in [0.3, 0.4) is 0 Å². The Bertz CT molecular complexity index is 742. The number of hydrogen-bond donors (Lipinski definition) is 1. The first-order valence-electron chi connectivity index (χ1n) is 11.8. The number of hydrogen-bond acceptors (Lipinski definition) is 4. The number of carbonyl (C=O) groups excluding carboxylic acids is 1. The van der Waals surface area contributed by atoms with Gasteiger partial charge in [0.15, 0.2) is 5.96 Å². The van der Waals surface area contributed by atoms with Crippen molar-refractivity contribution in [1.29, 1.82) is 0 Å². The van der Waals surface area contributed by atoms with Crippen molar-refractivity contribution in [2.24, 2.45) is 10.4 Å². The van der Waals surface area contributed by atoms with Crippen LogP contribution >= 0.6 is 24.0 Å². The average Bonchev–Trinajstić information content (AvgIpc) is 3.58. The Hall–Kier alpha value is -1.39. The molecule has 2 aliphatic heterocycles. The van der Waals surface area contributed by atoms with Crippen molar-refractivity contribution in [2.75, 3.05) is 72.1 Å². The summed E-state index contributed by atoms with van der Waals surface area (Å²) in [5.41, 5.74) is 1.76. The third kappa shape index (κ3) is 7.05. The Balaban J connectivity index is 0.00000289. The zero-order valence-electron chi connectivity index (χ0n) is 19.3. The maximum atomic E-state index is 12.5. The maximum Gasteiger partial charge on any atom is 0.236 e. The minimum Gasteiger partial charge on any atom is -0.378 e. The van der Waals surface area contributed by atoms with Gasteiger partial charge in [-0.2, -0.15) is 0 Å². The number of carbonyl (C=O) groups is 1. The van der Waals surface area contributed by atoms with Gasteiger partial charge in [0.2, 0.25) is 5.91 Å². The second kappa shape index (κ2) is 12.2. The zero-order valence-corrected chi connectivity index (χ0v) is 21.6. The lowest BCUT2D eigenvalue weighted by atomic mass is 9.97. The second-order valence-corrected chi connectivity index (χ2v) is 9.09. The Morgan fingerprint density at radius 2 is 1.72 bits per heavy atom. The van der Waals surface area contributed by atoms with Crippen molar-refractivity contribution in [1.82, 2.24) is 20.0 Å². The highest BCUT2D eigenvalue weighted by Crippen LogP contribution is 2.48. The lowest BCUT2D eigenvalue weighted by molar-refractivity contribution is -0.136. The van der Waals surface area contributed by atoms with E-state index in [4.69, 9.17) is 9.73 Å². The first-order chi connectivity index (χ1) is 15.2. The minimum atomic E-state index is 0. The van der Waals surface area contributed by atoms with Gasteiger partial charge in [0, 0.05) is 52.4 Å². The second-order valence-electron chi connectivity index (χ2n) is 9.09. The van der Waals surface area contributed by atoms with E-state index in [1.54, 1.807) is 0 Å². The molecule has 1 aliphatic carbocycles. The SMILES string of the molecule is CCNC(=NCC1(Cc2ccccc2)CC1)N1CCN(CC(=O)N2CCOCC2)CC1.I. The molecule has 0 unspecified atom stereocenters. The molecule has 7 nitrogen and oxygen atoms in total. The first kappa shape index (κ1) is 25.2. The van der Waals surface area contributed by atoms with Gasteiger partial charge in [0.05, 0.1) is 19.8 Å².